The van der Waals surface area contributed by atoms with E-state index in [1.165, 1.54) is 39.5 Å². The van der Waals surface area contributed by atoms with Crippen LogP contribution in [0.15, 0.2) is 40.6 Å². The molecule has 10 nitrogen and oxygen atoms in total. The summed E-state index contributed by atoms with van der Waals surface area (Å²) in [6, 6.07) is 6.01. The van der Waals surface area contributed by atoms with Gasteiger partial charge in [0.1, 0.15) is 6.33 Å². The molecule has 0 unspecified atom stereocenters. The lowest BCUT2D eigenvalue weighted by Gasteiger charge is -2.31. The Hall–Kier alpha value is -2.31. The molecule has 0 spiro atoms. The summed E-state index contributed by atoms with van der Waals surface area (Å²) in [5, 5.41) is 6.68. The average Bonchev–Trinajstić information content (AvgIpc) is 3.26. The fraction of sp³-hybridized carbons (Fsp3) is 0.550. The quantitative estimate of drug-likeness (QED) is 0.626. The van der Waals surface area contributed by atoms with Crippen molar-refractivity contribution in [1.29, 1.82) is 0 Å². The first kappa shape index (κ1) is 22.9. The molecular weight excluding hydrogens is 454 g/mol. The van der Waals surface area contributed by atoms with Gasteiger partial charge in [0.15, 0.2) is 0 Å². The van der Waals surface area contributed by atoms with E-state index >= 15 is 0 Å². The first-order valence-electron chi connectivity index (χ1n) is 10.7. The molecule has 4 rings (SSSR count). The Morgan fingerprint density at radius 3 is 2.12 bits per heavy atom. The number of hydrogen-bond donors (Lipinski definition) is 0. The van der Waals surface area contributed by atoms with E-state index in [2.05, 4.69) is 10.2 Å². The van der Waals surface area contributed by atoms with Gasteiger partial charge in [-0.1, -0.05) is 6.42 Å². The second kappa shape index (κ2) is 8.91. The number of benzene rings is 1. The van der Waals surface area contributed by atoms with Crippen LogP contribution >= 0.6 is 0 Å². The van der Waals surface area contributed by atoms with Gasteiger partial charge in [-0.05, 0) is 49.9 Å². The van der Waals surface area contributed by atoms with E-state index in [0.29, 0.717) is 44.6 Å². The number of piperidine rings is 2. The minimum Gasteiger partial charge on any atom is -0.339 e. The number of hydrogen-bond acceptors (Lipinski definition) is 7. The highest BCUT2D eigenvalue weighted by Gasteiger charge is 2.35. The van der Waals surface area contributed by atoms with Crippen LogP contribution in [0.2, 0.25) is 0 Å². The van der Waals surface area contributed by atoms with Crippen molar-refractivity contribution in [2.75, 3.05) is 26.2 Å². The van der Waals surface area contributed by atoms with Crippen molar-refractivity contribution < 1.29 is 21.6 Å². The van der Waals surface area contributed by atoms with Gasteiger partial charge in [-0.25, -0.2) is 16.8 Å². The van der Waals surface area contributed by atoms with E-state index in [1.807, 2.05) is 0 Å². The molecule has 2 saturated heterocycles. The topological polar surface area (TPSA) is 123 Å². The van der Waals surface area contributed by atoms with Gasteiger partial charge in [-0.3, -0.25) is 4.79 Å². The predicted molar refractivity (Wildman–Crippen MR) is 116 cm³/mol. The van der Waals surface area contributed by atoms with Crippen LogP contribution in [0, 0.1) is 0 Å². The Morgan fingerprint density at radius 1 is 0.938 bits per heavy atom. The second-order valence-corrected chi connectivity index (χ2v) is 12.3. The SMILES string of the molecule is Cn1cnnc1S(=O)(=O)C1CCN(C(=O)c2ccc(S(=O)(=O)N3CCCCC3)cc2)CC1. The molecule has 2 fully saturated rings. The van der Waals surface area contributed by atoms with Crippen molar-refractivity contribution in [1.82, 2.24) is 24.0 Å². The van der Waals surface area contributed by atoms with Crippen LogP contribution in [0.5, 0.6) is 0 Å². The molecule has 1 amide bonds. The fourth-order valence-corrected chi connectivity index (χ4v) is 7.51. The van der Waals surface area contributed by atoms with Crippen LogP contribution in [0.25, 0.3) is 0 Å². The normalized spacial score (nSPS) is 19.2. The van der Waals surface area contributed by atoms with E-state index in [0.717, 1.165) is 19.3 Å². The summed E-state index contributed by atoms with van der Waals surface area (Å²) in [5.41, 5.74) is 0.386. The molecule has 1 aromatic carbocycles. The Bertz CT molecular complexity index is 1180. The van der Waals surface area contributed by atoms with E-state index in [4.69, 9.17) is 0 Å². The van der Waals surface area contributed by atoms with Crippen molar-refractivity contribution >= 4 is 25.8 Å². The molecule has 3 heterocycles. The number of amides is 1. The molecule has 0 aliphatic carbocycles. The maximum atomic E-state index is 12.9. The standard InChI is InChI=1S/C20H27N5O5S2/c1-23-15-21-22-20(23)31(27,28)17-9-13-24(14-10-17)19(26)16-5-7-18(8-6-16)32(29,30)25-11-3-2-4-12-25/h5-8,15,17H,2-4,9-14H2,1H3. The summed E-state index contributed by atoms with van der Waals surface area (Å²) < 4.78 is 54.0. The van der Waals surface area contributed by atoms with Crippen LogP contribution in [0.1, 0.15) is 42.5 Å². The molecule has 2 aliphatic heterocycles. The molecule has 0 radical (unpaired) electrons. The molecule has 0 saturated carbocycles. The van der Waals surface area contributed by atoms with Gasteiger partial charge >= 0.3 is 0 Å². The predicted octanol–water partition coefficient (Wildman–Crippen LogP) is 1.07. The highest BCUT2D eigenvalue weighted by molar-refractivity contribution is 7.91. The fourth-order valence-electron chi connectivity index (χ4n) is 4.25. The van der Waals surface area contributed by atoms with Gasteiger partial charge < -0.3 is 9.47 Å². The van der Waals surface area contributed by atoms with Gasteiger partial charge in [0.25, 0.3) is 5.91 Å². The van der Waals surface area contributed by atoms with Crippen LogP contribution in [-0.2, 0) is 26.9 Å². The zero-order valence-electron chi connectivity index (χ0n) is 17.9. The number of likely N-dealkylation sites (tertiary alicyclic amines) is 1. The number of rotatable bonds is 5. The average molecular weight is 482 g/mol. The molecule has 2 aliphatic rings. The molecule has 0 N–H and O–H groups in total. The summed E-state index contributed by atoms with van der Waals surface area (Å²) in [7, 11) is -5.58. The minimum absolute atomic E-state index is 0.0622. The lowest BCUT2D eigenvalue weighted by molar-refractivity contribution is 0.0725. The van der Waals surface area contributed by atoms with Crippen LogP contribution < -0.4 is 0 Å². The maximum Gasteiger partial charge on any atom is 0.253 e. The molecule has 12 heteroatoms. The summed E-state index contributed by atoms with van der Waals surface area (Å²) in [6.07, 6.45) is 4.72. The van der Waals surface area contributed by atoms with Crippen molar-refractivity contribution in [2.45, 2.75) is 47.4 Å². The molecule has 0 bridgehead atoms. The summed E-state index contributed by atoms with van der Waals surface area (Å²) in [5.74, 6) is -0.235. The van der Waals surface area contributed by atoms with E-state index in [9.17, 15) is 21.6 Å². The highest BCUT2D eigenvalue weighted by atomic mass is 32.2. The van der Waals surface area contributed by atoms with Crippen molar-refractivity contribution in [3.63, 3.8) is 0 Å². The first-order chi connectivity index (χ1) is 15.2. The molecule has 32 heavy (non-hydrogen) atoms. The van der Waals surface area contributed by atoms with Gasteiger partial charge in [-0.15, -0.1) is 10.2 Å². The van der Waals surface area contributed by atoms with Gasteiger partial charge in [0.05, 0.1) is 10.1 Å². The third kappa shape index (κ3) is 4.30. The van der Waals surface area contributed by atoms with Gasteiger partial charge in [0.2, 0.25) is 25.0 Å². The molecule has 174 valence electrons. The van der Waals surface area contributed by atoms with Crippen molar-refractivity contribution in [3.8, 4) is 0 Å². The Balaban J connectivity index is 1.41. The zero-order valence-corrected chi connectivity index (χ0v) is 19.6. The number of aryl methyl sites for hydroxylation is 1. The van der Waals surface area contributed by atoms with Crippen LogP contribution in [0.4, 0.5) is 0 Å². The number of aromatic nitrogens is 3. The monoisotopic (exact) mass is 481 g/mol. The molecule has 0 atom stereocenters. The van der Waals surface area contributed by atoms with Crippen molar-refractivity contribution in [3.05, 3.63) is 36.2 Å². The molecular formula is C20H27N5O5S2. The third-order valence-corrected chi connectivity index (χ3v) is 10.3. The lowest BCUT2D eigenvalue weighted by atomic mass is 10.1. The smallest absolute Gasteiger partial charge is 0.253 e. The summed E-state index contributed by atoms with van der Waals surface area (Å²) in [4.78, 5) is 14.7. The number of carbonyl (C=O) groups excluding carboxylic acids is 1. The summed E-state index contributed by atoms with van der Waals surface area (Å²) in [6.45, 7) is 1.65. The van der Waals surface area contributed by atoms with Gasteiger partial charge in [0, 0.05) is 38.8 Å². The van der Waals surface area contributed by atoms with E-state index in [-0.39, 0.29) is 16.0 Å². The minimum atomic E-state index is -3.62. The van der Waals surface area contributed by atoms with Gasteiger partial charge in [-0.2, -0.15) is 4.31 Å². The molecule has 1 aromatic heterocycles. The largest absolute Gasteiger partial charge is 0.339 e. The van der Waals surface area contributed by atoms with Crippen LogP contribution in [-0.4, -0.2) is 78.1 Å². The van der Waals surface area contributed by atoms with Crippen LogP contribution in [0.3, 0.4) is 0 Å². The second-order valence-electron chi connectivity index (χ2n) is 8.25. The number of sulfone groups is 1. The first-order valence-corrected chi connectivity index (χ1v) is 13.7. The van der Waals surface area contributed by atoms with Crippen molar-refractivity contribution in [2.24, 2.45) is 7.05 Å². The third-order valence-electron chi connectivity index (χ3n) is 6.15. The Labute approximate surface area is 188 Å². The zero-order chi connectivity index (χ0) is 22.9. The number of nitrogens with zero attached hydrogens (tertiary/aromatic N) is 5. The Morgan fingerprint density at radius 2 is 1.56 bits per heavy atom. The summed E-state index contributed by atoms with van der Waals surface area (Å²) >= 11 is 0. The van der Waals surface area contributed by atoms with E-state index < -0.39 is 25.1 Å². The lowest BCUT2D eigenvalue weighted by Crippen LogP contribution is -2.42. The number of sulfonamides is 1. The van der Waals surface area contributed by atoms with E-state index in [1.54, 1.807) is 11.9 Å². The maximum absolute atomic E-state index is 12.9. The molecule has 2 aromatic rings. The highest BCUT2D eigenvalue weighted by Crippen LogP contribution is 2.25. The Kier molecular flexibility index (Phi) is 6.37. The number of carbonyl (C=O) groups is 1.